The molecule has 2 aromatic rings. The van der Waals surface area contributed by atoms with Gasteiger partial charge in [-0.2, -0.15) is 0 Å². The third kappa shape index (κ3) is 8.36. The molecule has 0 aromatic heterocycles. The van der Waals surface area contributed by atoms with E-state index in [9.17, 15) is 4.79 Å². The van der Waals surface area contributed by atoms with E-state index < -0.39 is 11.9 Å². The minimum absolute atomic E-state index is 0.156. The Kier molecular flexibility index (Phi) is 10.6. The van der Waals surface area contributed by atoms with Crippen molar-refractivity contribution in [2.45, 2.75) is 26.3 Å². The number of anilines is 1. The molecule has 0 saturated carbocycles. The van der Waals surface area contributed by atoms with Crippen LogP contribution in [0.15, 0.2) is 48.5 Å². The van der Waals surface area contributed by atoms with E-state index >= 15 is 0 Å². The number of carbonyl (C=O) groups is 3. The molecule has 2 heterocycles. The summed E-state index contributed by atoms with van der Waals surface area (Å²) in [5, 5.41) is 15.6. The average molecular weight is 532 g/mol. The van der Waals surface area contributed by atoms with E-state index in [1.807, 2.05) is 37.3 Å². The van der Waals surface area contributed by atoms with Gasteiger partial charge in [-0.3, -0.25) is 9.69 Å². The molecule has 200 valence electrons. The van der Waals surface area contributed by atoms with Crippen molar-refractivity contribution in [2.75, 3.05) is 50.8 Å². The maximum Gasteiger partial charge on any atom is 0.414 e. The first kappa shape index (κ1) is 28.3. The van der Waals surface area contributed by atoms with Crippen LogP contribution in [0.2, 0.25) is 5.02 Å². The minimum Gasteiger partial charge on any atom is -0.492 e. The number of benzene rings is 2. The third-order valence-electron chi connectivity index (χ3n) is 6.54. The number of hydrogen-bond acceptors (Lipinski definition) is 6. The van der Waals surface area contributed by atoms with Crippen LogP contribution in [0.4, 0.5) is 5.69 Å². The van der Waals surface area contributed by atoms with Crippen LogP contribution in [0.5, 0.6) is 5.75 Å². The summed E-state index contributed by atoms with van der Waals surface area (Å²) in [5.74, 6) is -2.23. The molecule has 2 N–H and O–H groups in total. The predicted octanol–water partition coefficient (Wildman–Crippen LogP) is 3.46. The number of amides is 1. The lowest BCUT2D eigenvalue weighted by atomic mass is 9.94. The molecule has 9 nitrogen and oxygen atoms in total. The Morgan fingerprint density at radius 2 is 1.49 bits per heavy atom. The van der Waals surface area contributed by atoms with Gasteiger partial charge in [0.05, 0.1) is 12.3 Å². The predicted molar refractivity (Wildman–Crippen MR) is 141 cm³/mol. The summed E-state index contributed by atoms with van der Waals surface area (Å²) in [7, 11) is 0. The number of piperazine rings is 1. The van der Waals surface area contributed by atoms with Crippen molar-refractivity contribution >= 4 is 35.1 Å². The summed E-state index contributed by atoms with van der Waals surface area (Å²) in [6.45, 7) is 8.81. The lowest BCUT2D eigenvalue weighted by Crippen LogP contribution is -2.51. The lowest BCUT2D eigenvalue weighted by molar-refractivity contribution is -0.159. The highest BCUT2D eigenvalue weighted by atomic mass is 35.5. The van der Waals surface area contributed by atoms with Crippen molar-refractivity contribution in [3.05, 3.63) is 59.1 Å². The molecule has 0 spiro atoms. The Labute approximate surface area is 222 Å². The van der Waals surface area contributed by atoms with Crippen LogP contribution in [0.1, 0.15) is 25.3 Å². The highest BCUT2D eigenvalue weighted by molar-refractivity contribution is 6.30. The van der Waals surface area contributed by atoms with Gasteiger partial charge in [0, 0.05) is 43.7 Å². The number of halogens is 1. The molecule has 0 unspecified atom stereocenters. The molecule has 0 atom stereocenters. The molecule has 0 bridgehead atoms. The Bertz CT molecular complexity index is 1040. The number of aliphatic carboxylic acids is 2. The number of para-hydroxylation sites is 2. The van der Waals surface area contributed by atoms with E-state index in [-0.39, 0.29) is 5.92 Å². The fourth-order valence-electron chi connectivity index (χ4n) is 4.61. The van der Waals surface area contributed by atoms with Crippen molar-refractivity contribution in [1.29, 1.82) is 0 Å². The van der Waals surface area contributed by atoms with Gasteiger partial charge in [-0.05, 0) is 62.7 Å². The number of carboxylic acids is 2. The summed E-state index contributed by atoms with van der Waals surface area (Å²) in [5.41, 5.74) is 2.41. The van der Waals surface area contributed by atoms with Crippen molar-refractivity contribution < 1.29 is 29.3 Å². The lowest BCUT2D eigenvalue weighted by Gasteiger charge is -2.39. The molecule has 2 aromatic carbocycles. The number of ether oxygens (including phenoxy) is 1. The van der Waals surface area contributed by atoms with Crippen molar-refractivity contribution in [2.24, 2.45) is 5.92 Å². The molecule has 10 heteroatoms. The SMILES string of the molecule is CCOc1ccccc1N1CCN(C(=O)C2CCN(Cc3ccc(Cl)cc3)CC2)CC1.O=C(O)C(=O)O. The first-order valence-corrected chi connectivity index (χ1v) is 12.8. The summed E-state index contributed by atoms with van der Waals surface area (Å²) in [6.07, 6.45) is 1.89. The van der Waals surface area contributed by atoms with Crippen molar-refractivity contribution in [3.63, 3.8) is 0 Å². The van der Waals surface area contributed by atoms with E-state index in [1.54, 1.807) is 0 Å². The zero-order valence-electron chi connectivity index (χ0n) is 21.0. The van der Waals surface area contributed by atoms with Gasteiger partial charge in [0.25, 0.3) is 0 Å². The molecule has 2 aliphatic heterocycles. The molecule has 0 radical (unpaired) electrons. The summed E-state index contributed by atoms with van der Waals surface area (Å²) in [4.78, 5) is 38.2. The maximum absolute atomic E-state index is 13.1. The average Bonchev–Trinajstić information content (AvgIpc) is 2.91. The van der Waals surface area contributed by atoms with Gasteiger partial charge in [0.15, 0.2) is 0 Å². The largest absolute Gasteiger partial charge is 0.492 e. The van der Waals surface area contributed by atoms with Crippen LogP contribution in [0.3, 0.4) is 0 Å². The van der Waals surface area contributed by atoms with E-state index in [2.05, 4.69) is 32.9 Å². The standard InChI is InChI=1S/C25H32ClN3O2.C2H2O4/c1-2-31-24-6-4-3-5-23(24)28-15-17-29(18-16-28)25(30)21-11-13-27(14-12-21)19-20-7-9-22(26)10-8-20;3-1(4)2(5)6/h3-10,21H,2,11-19H2,1H3;(H,3,4)(H,5,6). The summed E-state index contributed by atoms with van der Waals surface area (Å²) >= 11 is 5.98. The Hall–Kier alpha value is -3.30. The molecule has 2 fully saturated rings. The van der Waals surface area contributed by atoms with Gasteiger partial charge >= 0.3 is 11.9 Å². The molecule has 2 saturated heterocycles. The number of rotatable bonds is 6. The molecule has 4 rings (SSSR count). The Morgan fingerprint density at radius 1 is 0.892 bits per heavy atom. The zero-order valence-corrected chi connectivity index (χ0v) is 21.8. The Balaban J connectivity index is 0.000000568. The van der Waals surface area contributed by atoms with Crippen molar-refractivity contribution in [1.82, 2.24) is 9.80 Å². The van der Waals surface area contributed by atoms with Crippen LogP contribution < -0.4 is 9.64 Å². The second-order valence-electron chi connectivity index (χ2n) is 9.00. The second-order valence-corrected chi connectivity index (χ2v) is 9.44. The highest BCUT2D eigenvalue weighted by Gasteiger charge is 2.30. The van der Waals surface area contributed by atoms with Gasteiger partial charge in [-0.15, -0.1) is 0 Å². The van der Waals surface area contributed by atoms with Crippen LogP contribution in [-0.2, 0) is 20.9 Å². The molecular formula is C27H34ClN3O6. The second kappa shape index (κ2) is 13.9. The number of piperidine rings is 1. The molecule has 2 aliphatic rings. The first-order chi connectivity index (χ1) is 17.8. The van der Waals surface area contributed by atoms with Crippen LogP contribution in [0, 0.1) is 5.92 Å². The molecular weight excluding hydrogens is 498 g/mol. The van der Waals surface area contributed by atoms with Gasteiger partial charge in [0.1, 0.15) is 5.75 Å². The van der Waals surface area contributed by atoms with Gasteiger partial charge in [0.2, 0.25) is 5.91 Å². The van der Waals surface area contributed by atoms with Gasteiger partial charge < -0.3 is 24.7 Å². The van der Waals surface area contributed by atoms with E-state index in [1.165, 1.54) is 5.56 Å². The number of nitrogens with zero attached hydrogens (tertiary/aromatic N) is 3. The fraction of sp³-hybridized carbons (Fsp3) is 0.444. The minimum atomic E-state index is -1.82. The Morgan fingerprint density at radius 3 is 2.05 bits per heavy atom. The quantitative estimate of drug-likeness (QED) is 0.545. The van der Waals surface area contributed by atoms with Crippen LogP contribution in [0.25, 0.3) is 0 Å². The van der Waals surface area contributed by atoms with E-state index in [4.69, 9.17) is 36.1 Å². The monoisotopic (exact) mass is 531 g/mol. The first-order valence-electron chi connectivity index (χ1n) is 12.5. The summed E-state index contributed by atoms with van der Waals surface area (Å²) in [6, 6.07) is 16.2. The van der Waals surface area contributed by atoms with Crippen LogP contribution in [-0.4, -0.2) is 83.7 Å². The van der Waals surface area contributed by atoms with Gasteiger partial charge in [-0.1, -0.05) is 35.9 Å². The third-order valence-corrected chi connectivity index (χ3v) is 6.79. The summed E-state index contributed by atoms with van der Waals surface area (Å²) < 4.78 is 5.78. The molecule has 1 amide bonds. The normalized spacial score (nSPS) is 16.5. The molecule has 0 aliphatic carbocycles. The number of carbonyl (C=O) groups excluding carboxylic acids is 1. The number of hydrogen-bond donors (Lipinski definition) is 2. The van der Waals surface area contributed by atoms with E-state index in [0.717, 1.165) is 75.1 Å². The number of likely N-dealkylation sites (tertiary alicyclic amines) is 1. The van der Waals surface area contributed by atoms with E-state index in [0.29, 0.717) is 12.5 Å². The van der Waals surface area contributed by atoms with Gasteiger partial charge in [-0.25, -0.2) is 9.59 Å². The smallest absolute Gasteiger partial charge is 0.414 e. The maximum atomic E-state index is 13.1. The zero-order chi connectivity index (χ0) is 26.8. The van der Waals surface area contributed by atoms with Crippen molar-refractivity contribution in [3.8, 4) is 5.75 Å². The molecule has 37 heavy (non-hydrogen) atoms. The van der Waals surface area contributed by atoms with Crippen LogP contribution >= 0.6 is 11.6 Å². The number of carboxylic acid groups (broad SMARTS) is 2. The fourth-order valence-corrected chi connectivity index (χ4v) is 4.73. The topological polar surface area (TPSA) is 111 Å². The highest BCUT2D eigenvalue weighted by Crippen LogP contribution is 2.29.